The summed E-state index contributed by atoms with van der Waals surface area (Å²) < 4.78 is 28.0. The van der Waals surface area contributed by atoms with Crippen LogP contribution in [0.15, 0.2) is 53.4 Å². The lowest BCUT2D eigenvalue weighted by Crippen LogP contribution is -2.45. The lowest BCUT2D eigenvalue weighted by molar-refractivity contribution is -0.139. The fraction of sp³-hybridized carbons (Fsp3) is 0.382. The number of halogens is 1. The van der Waals surface area contributed by atoms with Gasteiger partial charge in [-0.25, -0.2) is 23.4 Å². The monoisotopic (exact) mass is 716 g/mol. The van der Waals surface area contributed by atoms with Crippen LogP contribution in [0.25, 0.3) is 28.1 Å². The number of aryl methyl sites for hydroxylation is 1. The molecule has 5 heterocycles. The maximum atomic E-state index is 14.2. The molecule has 0 unspecified atom stereocenters. The zero-order chi connectivity index (χ0) is 33.1. The molecule has 1 saturated carbocycles. The minimum atomic E-state index is -3.32. The van der Waals surface area contributed by atoms with Crippen LogP contribution in [0.4, 0.5) is 0 Å². The fourth-order valence-corrected chi connectivity index (χ4v) is 8.86. The van der Waals surface area contributed by atoms with Gasteiger partial charge in [0.2, 0.25) is 5.91 Å². The van der Waals surface area contributed by atoms with Crippen LogP contribution in [0.2, 0.25) is 0 Å². The Balaban J connectivity index is 1.22. The molecule has 1 aromatic carbocycles. The van der Waals surface area contributed by atoms with Gasteiger partial charge in [0.1, 0.15) is 22.7 Å². The van der Waals surface area contributed by atoms with Crippen molar-refractivity contribution in [2.45, 2.75) is 64.6 Å². The van der Waals surface area contributed by atoms with Crippen LogP contribution >= 0.6 is 15.9 Å². The van der Waals surface area contributed by atoms with E-state index in [1.54, 1.807) is 30.3 Å². The van der Waals surface area contributed by atoms with Gasteiger partial charge in [-0.15, -0.1) is 0 Å². The van der Waals surface area contributed by atoms with E-state index in [2.05, 4.69) is 36.0 Å². The predicted molar refractivity (Wildman–Crippen MR) is 179 cm³/mol. The van der Waals surface area contributed by atoms with Crippen molar-refractivity contribution in [1.82, 2.24) is 29.6 Å². The van der Waals surface area contributed by atoms with Gasteiger partial charge in [-0.3, -0.25) is 19.1 Å². The Bertz CT molecular complexity index is 2090. The van der Waals surface area contributed by atoms with Gasteiger partial charge in [0.25, 0.3) is 0 Å². The average Bonchev–Trinajstić information content (AvgIpc) is 3.45. The largest absolute Gasteiger partial charge is 0.327 e. The van der Waals surface area contributed by atoms with E-state index >= 15 is 0 Å². The zero-order valence-electron chi connectivity index (χ0n) is 26.0. The molecule has 3 aromatic heterocycles. The number of carbonyl (C=O) groups is 3. The Hall–Kier alpha value is -4.10. The second kappa shape index (κ2) is 11.9. The third kappa shape index (κ3) is 6.06. The van der Waals surface area contributed by atoms with E-state index in [1.165, 1.54) is 11.6 Å². The van der Waals surface area contributed by atoms with Gasteiger partial charge < -0.3 is 4.90 Å². The molecule has 13 heteroatoms. The molecular weight excluding hydrogens is 684 g/mol. The molecule has 1 aliphatic carbocycles. The Morgan fingerprint density at radius 3 is 2.62 bits per heavy atom. The lowest BCUT2D eigenvalue weighted by Gasteiger charge is -2.27. The molecule has 1 spiro atoms. The molecular formula is C34H33BrN6O5S. The summed E-state index contributed by atoms with van der Waals surface area (Å²) in [4.78, 5) is 55.7. The highest BCUT2D eigenvalue weighted by Gasteiger charge is 2.66. The molecule has 4 aromatic rings. The number of allylic oxidation sites excluding steroid dienone is 1. The molecule has 1 saturated heterocycles. The van der Waals surface area contributed by atoms with Crippen LogP contribution in [0, 0.1) is 12.3 Å². The van der Waals surface area contributed by atoms with Gasteiger partial charge in [-0.1, -0.05) is 24.3 Å². The molecule has 11 nitrogen and oxygen atoms in total. The molecule has 1 amide bonds. The third-order valence-electron chi connectivity index (χ3n) is 9.68. The minimum absolute atomic E-state index is 0.0193. The Morgan fingerprint density at radius 2 is 1.85 bits per heavy atom. The van der Waals surface area contributed by atoms with Crippen LogP contribution < -0.4 is 0 Å². The van der Waals surface area contributed by atoms with Crippen molar-refractivity contribution < 1.29 is 22.8 Å². The van der Waals surface area contributed by atoms with E-state index < -0.39 is 21.3 Å². The van der Waals surface area contributed by atoms with Gasteiger partial charge in [-0.05, 0) is 83.3 Å². The Labute approximate surface area is 280 Å². The van der Waals surface area contributed by atoms with E-state index in [4.69, 9.17) is 0 Å². The van der Waals surface area contributed by atoms with Crippen molar-refractivity contribution in [3.63, 3.8) is 0 Å². The van der Waals surface area contributed by atoms with Gasteiger partial charge in [0.15, 0.2) is 21.4 Å². The summed E-state index contributed by atoms with van der Waals surface area (Å²) in [6.45, 7) is 3.07. The second-order valence-electron chi connectivity index (χ2n) is 12.8. The van der Waals surface area contributed by atoms with Crippen molar-refractivity contribution in [1.29, 1.82) is 0 Å². The number of fused-ring (bicyclic) bond motifs is 3. The van der Waals surface area contributed by atoms with Gasteiger partial charge in [0, 0.05) is 36.3 Å². The highest BCUT2D eigenvalue weighted by Crippen LogP contribution is 2.62. The number of ketones is 2. The van der Waals surface area contributed by atoms with Crippen molar-refractivity contribution in [3.05, 3.63) is 76.2 Å². The summed E-state index contributed by atoms with van der Waals surface area (Å²) >= 11 is 3.41. The highest BCUT2D eigenvalue weighted by atomic mass is 79.9. The number of sulfone groups is 1. The number of pyridine rings is 1. The van der Waals surface area contributed by atoms with E-state index in [-0.39, 0.29) is 53.7 Å². The molecule has 242 valence electrons. The number of carbonyl (C=O) groups excluding carboxylic acids is 3. The van der Waals surface area contributed by atoms with E-state index in [9.17, 15) is 22.8 Å². The number of aromatic nitrogens is 5. The van der Waals surface area contributed by atoms with Gasteiger partial charge >= 0.3 is 0 Å². The molecule has 3 aliphatic rings. The van der Waals surface area contributed by atoms with Crippen molar-refractivity contribution >= 4 is 60.2 Å². The van der Waals surface area contributed by atoms with E-state index in [1.807, 2.05) is 36.4 Å². The summed E-state index contributed by atoms with van der Waals surface area (Å²) in [5.74, 6) is 0.0414. The Kier molecular flexibility index (Phi) is 7.94. The first kappa shape index (κ1) is 31.5. The number of amides is 1. The number of hydrogen-bond donors (Lipinski definition) is 0. The first-order valence-corrected chi connectivity index (χ1v) is 18.2. The zero-order valence-corrected chi connectivity index (χ0v) is 28.4. The fourth-order valence-electron chi connectivity index (χ4n) is 7.10. The SMILES string of the molecule is CC(=O)c1nn(CC(=O)N2[C@H]3C[C@@]4(CCS(=O)(=O)CCC=Cc5ccc(Br)nc5CC3=O)C[C@@H]24)c2ccc(-c3cnc(C)nc3)cc12. The van der Waals surface area contributed by atoms with E-state index in [0.717, 1.165) is 16.7 Å². The summed E-state index contributed by atoms with van der Waals surface area (Å²) in [6.07, 6.45) is 8.94. The van der Waals surface area contributed by atoms with Crippen molar-refractivity contribution in [2.75, 3.05) is 11.5 Å². The topological polar surface area (TPSA) is 145 Å². The van der Waals surface area contributed by atoms with Crippen molar-refractivity contribution in [2.24, 2.45) is 5.41 Å². The highest BCUT2D eigenvalue weighted by molar-refractivity contribution is 9.10. The normalized spacial score (nSPS) is 23.6. The quantitative estimate of drug-likeness (QED) is 0.219. The van der Waals surface area contributed by atoms with Crippen LogP contribution in [0.3, 0.4) is 0 Å². The molecule has 0 radical (unpaired) electrons. The molecule has 7 rings (SSSR count). The number of hydrogen-bond acceptors (Lipinski definition) is 9. The molecule has 2 aliphatic heterocycles. The third-order valence-corrected chi connectivity index (χ3v) is 11.8. The molecule has 2 fully saturated rings. The number of piperidine rings is 1. The number of nitrogens with zero attached hydrogens (tertiary/aromatic N) is 6. The van der Waals surface area contributed by atoms with Crippen molar-refractivity contribution in [3.8, 4) is 11.1 Å². The average molecular weight is 718 g/mol. The van der Waals surface area contributed by atoms with Crippen LogP contribution in [-0.2, 0) is 32.4 Å². The molecule has 2 bridgehead atoms. The predicted octanol–water partition coefficient (Wildman–Crippen LogP) is 4.56. The lowest BCUT2D eigenvalue weighted by atomic mass is 9.92. The molecule has 47 heavy (non-hydrogen) atoms. The van der Waals surface area contributed by atoms with Gasteiger partial charge in [-0.2, -0.15) is 5.10 Å². The minimum Gasteiger partial charge on any atom is -0.327 e. The maximum Gasteiger partial charge on any atom is 0.245 e. The first-order valence-electron chi connectivity index (χ1n) is 15.6. The Morgan fingerprint density at radius 1 is 1.06 bits per heavy atom. The first-order chi connectivity index (χ1) is 22.4. The van der Waals surface area contributed by atoms with Gasteiger partial charge in [0.05, 0.1) is 35.2 Å². The summed E-state index contributed by atoms with van der Waals surface area (Å²) in [6, 6.07) is 8.23. The molecule has 0 N–H and O–H groups in total. The standard InChI is InChI=1S/C34H33BrN6O5S/c1-20(42)33-25-13-23(24-17-36-21(2)37-18-24)6-8-27(25)40(39-33)19-32(44)41-28-15-34(16-30(34)41)10-12-47(45,46)11-4-3-5-22-7-9-31(35)38-26(22)14-29(28)43/h3,5-9,13,17-18,28,30H,4,10-12,14-16,19H2,1-2H3/t28-,30+,34-/m0/s1. The maximum absolute atomic E-state index is 14.2. The molecule has 3 atom stereocenters. The summed E-state index contributed by atoms with van der Waals surface area (Å²) in [5.41, 5.74) is 3.35. The summed E-state index contributed by atoms with van der Waals surface area (Å²) in [5, 5.41) is 5.17. The number of benzene rings is 1. The number of Topliss-reactive ketones (excluding diaryl/α,β-unsaturated/α-hetero) is 2. The number of rotatable bonds is 4. The summed E-state index contributed by atoms with van der Waals surface area (Å²) in [7, 11) is -3.32. The number of likely N-dealkylation sites (tertiary alicyclic amines) is 1. The second-order valence-corrected chi connectivity index (χ2v) is 15.9. The van der Waals surface area contributed by atoms with E-state index in [0.29, 0.717) is 52.7 Å². The van der Waals surface area contributed by atoms with Crippen LogP contribution in [-0.4, -0.2) is 79.1 Å². The van der Waals surface area contributed by atoms with Crippen LogP contribution in [0.1, 0.15) is 60.2 Å². The smallest absolute Gasteiger partial charge is 0.245 e. The van der Waals surface area contributed by atoms with Crippen LogP contribution in [0.5, 0.6) is 0 Å².